The minimum absolute atomic E-state index is 0.0261. The maximum absolute atomic E-state index is 13.2. The van der Waals surface area contributed by atoms with Crippen LogP contribution in [-0.2, 0) is 35.8 Å². The van der Waals surface area contributed by atoms with Gasteiger partial charge < -0.3 is 36.2 Å². The third-order valence-electron chi connectivity index (χ3n) is 12.1. The molecule has 4 heterocycles. The smallest absolute Gasteiger partial charge is 0.323 e. The Kier molecular flexibility index (Phi) is 17.2. The number of carboxylic acid groups (broad SMARTS) is 1. The van der Waals surface area contributed by atoms with Crippen molar-refractivity contribution in [1.29, 1.82) is 0 Å². The fourth-order valence-electron chi connectivity index (χ4n) is 7.76. The number of carbonyl (C=O) groups excluding carboxylic acids is 3. The van der Waals surface area contributed by atoms with E-state index in [9.17, 15) is 33.9 Å². The molecule has 17 nitrogen and oxygen atoms in total. The number of aliphatic hydroxyl groups is 2. The van der Waals surface area contributed by atoms with Gasteiger partial charge in [-0.25, -0.2) is 9.97 Å². The fraction of sp³-hybridized carbons (Fsp3) is 0.347. The van der Waals surface area contributed by atoms with Crippen molar-refractivity contribution in [3.05, 3.63) is 150 Å². The van der Waals surface area contributed by atoms with Crippen molar-refractivity contribution in [2.24, 2.45) is 10.8 Å². The van der Waals surface area contributed by atoms with Gasteiger partial charge in [-0.05, 0) is 105 Å². The van der Waals surface area contributed by atoms with Gasteiger partial charge in [-0.3, -0.25) is 37.9 Å². The number of halogens is 2. The van der Waals surface area contributed by atoms with Gasteiger partial charge in [0, 0.05) is 83.9 Å². The first-order chi connectivity index (χ1) is 32.6. The van der Waals surface area contributed by atoms with Crippen LogP contribution in [0.4, 0.5) is 0 Å². The molecule has 2 saturated carbocycles. The second kappa shape index (κ2) is 23.0. The zero-order valence-corrected chi connectivity index (χ0v) is 39.2. The first-order valence-electron chi connectivity index (χ1n) is 21.9. The van der Waals surface area contributed by atoms with Gasteiger partial charge in [0.05, 0.1) is 6.61 Å². The van der Waals surface area contributed by atoms with E-state index < -0.39 is 35.4 Å². The van der Waals surface area contributed by atoms with Crippen molar-refractivity contribution in [2.75, 3.05) is 40.4 Å². The highest BCUT2D eigenvalue weighted by Crippen LogP contribution is 2.45. The van der Waals surface area contributed by atoms with Crippen LogP contribution in [0.1, 0.15) is 63.9 Å². The number of pyridine rings is 4. The largest absolute Gasteiger partial charge is 0.480 e. The number of carboxylic acids is 1. The van der Waals surface area contributed by atoms with Gasteiger partial charge in [0.15, 0.2) is 0 Å². The van der Waals surface area contributed by atoms with Crippen LogP contribution < -0.4 is 27.1 Å². The molecule has 0 radical (unpaired) electrons. The lowest BCUT2D eigenvalue weighted by Crippen LogP contribution is -2.41. The van der Waals surface area contributed by atoms with Crippen molar-refractivity contribution in [1.82, 2.24) is 40.0 Å². The summed E-state index contributed by atoms with van der Waals surface area (Å²) in [7, 11) is 3.59. The number of hydrogen-bond donors (Lipinski definition) is 6. The Morgan fingerprint density at radius 1 is 0.691 bits per heavy atom. The molecule has 3 amide bonds. The van der Waals surface area contributed by atoms with E-state index >= 15 is 0 Å². The number of fused-ring (bicyclic) bond motifs is 2. The van der Waals surface area contributed by atoms with E-state index in [-0.39, 0.29) is 59.8 Å². The van der Waals surface area contributed by atoms with Crippen molar-refractivity contribution >= 4 is 69.0 Å². The first kappa shape index (κ1) is 50.9. The highest BCUT2D eigenvalue weighted by Gasteiger charge is 2.43. The SMILES string of the molecule is CN(CC1(CO)CC1)C(=O)Cn1c(=O)c(C(=O)NCc2ccc(Cl)cc2)cc2cccnc21.CNCC1(CO)CCC1.O=C(O)Cn1c(=O)c(C(=O)NCc2ccc(Cl)cc2)cc2cccnc21. The second-order valence-electron chi connectivity index (χ2n) is 17.2. The van der Waals surface area contributed by atoms with Crippen LogP contribution in [0.5, 0.6) is 0 Å². The number of aliphatic hydroxyl groups excluding tert-OH is 2. The van der Waals surface area contributed by atoms with Gasteiger partial charge in [0.1, 0.15) is 35.5 Å². The lowest BCUT2D eigenvalue weighted by atomic mass is 9.69. The molecule has 2 fully saturated rings. The molecular formula is C49H54Cl2N8O9. The molecule has 6 N–H and O–H groups in total. The molecule has 2 aliphatic rings. The molecule has 19 heteroatoms. The summed E-state index contributed by atoms with van der Waals surface area (Å²) in [4.78, 5) is 85.0. The van der Waals surface area contributed by atoms with Gasteiger partial charge in [-0.15, -0.1) is 0 Å². The molecule has 68 heavy (non-hydrogen) atoms. The van der Waals surface area contributed by atoms with E-state index in [1.54, 1.807) is 79.8 Å². The number of aliphatic carboxylic acids is 1. The molecular weight excluding hydrogens is 915 g/mol. The lowest BCUT2D eigenvalue weighted by molar-refractivity contribution is -0.137. The number of aromatic nitrogens is 4. The maximum Gasteiger partial charge on any atom is 0.323 e. The average molecular weight is 970 g/mol. The molecule has 0 saturated heterocycles. The molecule has 0 spiro atoms. The summed E-state index contributed by atoms with van der Waals surface area (Å²) in [5.74, 6) is -2.61. The van der Waals surface area contributed by atoms with E-state index in [2.05, 4.69) is 25.9 Å². The van der Waals surface area contributed by atoms with Crippen LogP contribution in [-0.4, -0.2) is 103 Å². The lowest BCUT2D eigenvalue weighted by Gasteiger charge is -2.40. The molecule has 0 unspecified atom stereocenters. The summed E-state index contributed by atoms with van der Waals surface area (Å²) >= 11 is 11.7. The Labute approximate surface area is 401 Å². The van der Waals surface area contributed by atoms with Gasteiger partial charge in [-0.1, -0.05) is 53.9 Å². The summed E-state index contributed by atoms with van der Waals surface area (Å²) in [6.07, 6.45) is 8.43. The molecule has 8 rings (SSSR count). The average Bonchev–Trinajstić information content (AvgIpc) is 4.11. The Morgan fingerprint density at radius 2 is 1.15 bits per heavy atom. The quantitative estimate of drug-likeness (QED) is 0.0778. The summed E-state index contributed by atoms with van der Waals surface area (Å²) in [6.45, 7) is 1.39. The van der Waals surface area contributed by atoms with Crippen molar-refractivity contribution in [3.8, 4) is 0 Å². The van der Waals surface area contributed by atoms with E-state index in [1.807, 2.05) is 7.05 Å². The minimum atomic E-state index is -1.20. The Bertz CT molecular complexity index is 2880. The van der Waals surface area contributed by atoms with Crippen molar-refractivity contribution in [2.45, 2.75) is 58.3 Å². The first-order valence-corrected chi connectivity index (χ1v) is 22.7. The van der Waals surface area contributed by atoms with Crippen LogP contribution >= 0.6 is 23.2 Å². The fourth-order valence-corrected chi connectivity index (χ4v) is 8.01. The molecule has 0 bridgehead atoms. The molecule has 358 valence electrons. The van der Waals surface area contributed by atoms with Crippen molar-refractivity contribution in [3.63, 3.8) is 0 Å². The maximum atomic E-state index is 13.2. The van der Waals surface area contributed by atoms with Gasteiger partial charge >= 0.3 is 5.97 Å². The predicted octanol–water partition coefficient (Wildman–Crippen LogP) is 4.64. The standard InChI is InChI=1S/C24H25ClN4O4.C18H14ClN3O4.C7H15NO/c1-28(14-24(15-30)8-9-24)20(31)13-29-21-17(3-2-10-26-21)11-19(23(29)33)22(32)27-12-16-4-6-18(25)7-5-16;19-13-5-3-11(4-6-13)9-21-17(25)14-8-12-2-1-7-20-16(12)22(18(14)26)10-15(23)24;1-8-5-7(6-9)3-2-4-7/h2-7,10-11,30H,8-9,12-15H2,1H3,(H,27,32);1-8H,9-10H2,(H,21,25)(H,23,24);8-9H,2-6H2,1H3. The van der Waals surface area contributed by atoms with Crippen LogP contribution in [0.25, 0.3) is 22.1 Å². The third-order valence-corrected chi connectivity index (χ3v) is 12.6. The summed E-state index contributed by atoms with van der Waals surface area (Å²) in [6, 6.07) is 23.6. The Balaban J connectivity index is 0.000000193. The number of rotatable bonds is 16. The predicted molar refractivity (Wildman–Crippen MR) is 259 cm³/mol. The van der Waals surface area contributed by atoms with Crippen molar-refractivity contribution < 1.29 is 34.5 Å². The normalized spacial score (nSPS) is 14.0. The number of nitrogens with zero attached hydrogens (tertiary/aromatic N) is 5. The Morgan fingerprint density at radius 3 is 1.51 bits per heavy atom. The highest BCUT2D eigenvalue weighted by molar-refractivity contribution is 6.30. The molecule has 6 aromatic rings. The van der Waals surface area contributed by atoms with Crippen LogP contribution in [0.3, 0.4) is 0 Å². The van der Waals surface area contributed by atoms with E-state index in [1.165, 1.54) is 53.3 Å². The van der Waals surface area contributed by atoms with Gasteiger partial charge in [0.25, 0.3) is 22.9 Å². The van der Waals surface area contributed by atoms with E-state index in [0.717, 1.165) is 35.1 Å². The number of benzene rings is 2. The second-order valence-corrected chi connectivity index (χ2v) is 18.1. The number of amides is 3. The number of carbonyl (C=O) groups is 4. The van der Waals surface area contributed by atoms with E-state index in [0.29, 0.717) is 39.6 Å². The zero-order valence-electron chi connectivity index (χ0n) is 37.7. The third kappa shape index (κ3) is 12.9. The Hall–Kier alpha value is -6.50. The molecule has 4 aromatic heterocycles. The van der Waals surface area contributed by atoms with E-state index in [4.69, 9.17) is 33.4 Å². The molecule has 0 atom stereocenters. The monoisotopic (exact) mass is 968 g/mol. The van der Waals surface area contributed by atoms with Crippen LogP contribution in [0.15, 0.2) is 107 Å². The summed E-state index contributed by atoms with van der Waals surface area (Å²) in [5.41, 5.74) is 0.743. The number of nitrogens with one attached hydrogen (secondary N) is 3. The molecule has 0 aliphatic heterocycles. The van der Waals surface area contributed by atoms with Gasteiger partial charge in [-0.2, -0.15) is 0 Å². The molecule has 2 aliphatic carbocycles. The topological polar surface area (TPSA) is 238 Å². The van der Waals surface area contributed by atoms with Gasteiger partial charge in [0.2, 0.25) is 5.91 Å². The number of likely N-dealkylation sites (N-methyl/N-ethyl adjacent to an activating group) is 1. The molecule has 2 aromatic carbocycles. The zero-order chi connectivity index (χ0) is 49.0. The van der Waals surface area contributed by atoms with Crippen LogP contribution in [0.2, 0.25) is 10.0 Å². The highest BCUT2D eigenvalue weighted by atomic mass is 35.5. The summed E-state index contributed by atoms with van der Waals surface area (Å²) in [5, 5.41) is 38.3. The summed E-state index contributed by atoms with van der Waals surface area (Å²) < 4.78 is 2.22. The van der Waals surface area contributed by atoms with Crippen LogP contribution in [0, 0.1) is 10.8 Å². The number of hydrogen-bond acceptors (Lipinski definition) is 11. The minimum Gasteiger partial charge on any atom is -0.480 e.